The molecule has 1 aliphatic heterocycles. The number of fused-ring (bicyclic) bond motifs is 1. The molecular formula is C13H19NO2. The van der Waals surface area contributed by atoms with Crippen LogP contribution in [0, 0.1) is 17.8 Å². The van der Waals surface area contributed by atoms with Gasteiger partial charge in [-0.05, 0) is 31.1 Å². The van der Waals surface area contributed by atoms with Gasteiger partial charge in [0, 0.05) is 18.9 Å². The molecule has 3 fully saturated rings. The minimum Gasteiger partial charge on any atom is -0.335 e. The standard InChI is InChI=1S/C13H19NO2/c15-9-4-3-7-14(8-9)13(16)12-10-5-1-2-6-11(10)12/h10-12H,1-8H2. The highest BCUT2D eigenvalue weighted by Gasteiger charge is 2.55. The van der Waals surface area contributed by atoms with E-state index in [0.29, 0.717) is 24.8 Å². The summed E-state index contributed by atoms with van der Waals surface area (Å²) in [5.74, 6) is 2.14. The SMILES string of the molecule is O=C1CCCN(C(=O)C2C3CCCCC32)C1. The van der Waals surface area contributed by atoms with Gasteiger partial charge >= 0.3 is 0 Å². The zero-order valence-corrected chi connectivity index (χ0v) is 9.65. The Morgan fingerprint density at radius 2 is 1.81 bits per heavy atom. The molecule has 2 saturated carbocycles. The van der Waals surface area contributed by atoms with Crippen LogP contribution in [0.4, 0.5) is 0 Å². The molecule has 3 heteroatoms. The van der Waals surface area contributed by atoms with Crippen molar-refractivity contribution in [1.82, 2.24) is 4.90 Å². The normalized spacial score (nSPS) is 38.1. The Hall–Kier alpha value is -0.860. The van der Waals surface area contributed by atoms with Gasteiger partial charge in [0.15, 0.2) is 5.78 Å². The fourth-order valence-electron chi connectivity index (χ4n) is 3.60. The molecule has 0 aromatic carbocycles. The summed E-state index contributed by atoms with van der Waals surface area (Å²) in [6, 6.07) is 0. The van der Waals surface area contributed by atoms with Crippen LogP contribution in [-0.4, -0.2) is 29.7 Å². The molecule has 0 N–H and O–H groups in total. The van der Waals surface area contributed by atoms with Gasteiger partial charge in [-0.1, -0.05) is 12.8 Å². The molecule has 1 heterocycles. The minimum absolute atomic E-state index is 0.239. The van der Waals surface area contributed by atoms with Crippen molar-refractivity contribution in [3.8, 4) is 0 Å². The fourth-order valence-corrected chi connectivity index (χ4v) is 3.60. The third-order valence-corrected chi connectivity index (χ3v) is 4.50. The Morgan fingerprint density at radius 3 is 2.44 bits per heavy atom. The van der Waals surface area contributed by atoms with Gasteiger partial charge in [-0.3, -0.25) is 9.59 Å². The second-order valence-corrected chi connectivity index (χ2v) is 5.54. The number of amides is 1. The molecule has 3 aliphatic rings. The maximum atomic E-state index is 12.2. The number of ketones is 1. The number of likely N-dealkylation sites (tertiary alicyclic amines) is 1. The van der Waals surface area contributed by atoms with Crippen molar-refractivity contribution in [2.24, 2.45) is 17.8 Å². The molecule has 2 atom stereocenters. The average Bonchev–Trinajstić information content (AvgIpc) is 3.02. The Morgan fingerprint density at radius 1 is 1.12 bits per heavy atom. The zero-order valence-electron chi connectivity index (χ0n) is 9.65. The van der Waals surface area contributed by atoms with Gasteiger partial charge in [-0.2, -0.15) is 0 Å². The number of rotatable bonds is 1. The fraction of sp³-hybridized carbons (Fsp3) is 0.846. The molecule has 3 nitrogen and oxygen atoms in total. The number of hydrogen-bond acceptors (Lipinski definition) is 2. The Labute approximate surface area is 96.2 Å². The summed E-state index contributed by atoms with van der Waals surface area (Å²) in [6.45, 7) is 1.19. The van der Waals surface area contributed by atoms with Crippen molar-refractivity contribution in [3.05, 3.63) is 0 Å². The van der Waals surface area contributed by atoms with Crippen LogP contribution in [0.15, 0.2) is 0 Å². The number of piperidine rings is 1. The van der Waals surface area contributed by atoms with Gasteiger partial charge in [0.1, 0.15) is 0 Å². The smallest absolute Gasteiger partial charge is 0.226 e. The molecular weight excluding hydrogens is 202 g/mol. The topological polar surface area (TPSA) is 37.4 Å². The van der Waals surface area contributed by atoms with E-state index in [-0.39, 0.29) is 17.6 Å². The van der Waals surface area contributed by atoms with Crippen molar-refractivity contribution >= 4 is 11.7 Å². The molecule has 0 spiro atoms. The van der Waals surface area contributed by atoms with Gasteiger partial charge in [0.05, 0.1) is 6.54 Å². The maximum Gasteiger partial charge on any atom is 0.226 e. The van der Waals surface area contributed by atoms with Crippen LogP contribution in [0.25, 0.3) is 0 Å². The molecule has 0 bridgehead atoms. The summed E-state index contributed by atoms with van der Waals surface area (Å²) in [7, 11) is 0. The largest absolute Gasteiger partial charge is 0.335 e. The second-order valence-electron chi connectivity index (χ2n) is 5.54. The van der Waals surface area contributed by atoms with E-state index in [2.05, 4.69) is 0 Å². The van der Waals surface area contributed by atoms with Gasteiger partial charge in [0.25, 0.3) is 0 Å². The van der Waals surface area contributed by atoms with E-state index >= 15 is 0 Å². The first kappa shape index (κ1) is 10.3. The van der Waals surface area contributed by atoms with Gasteiger partial charge < -0.3 is 4.90 Å². The van der Waals surface area contributed by atoms with Gasteiger partial charge in [-0.15, -0.1) is 0 Å². The lowest BCUT2D eigenvalue weighted by atomic mass is 10.0. The van der Waals surface area contributed by atoms with E-state index in [9.17, 15) is 9.59 Å². The van der Waals surface area contributed by atoms with Gasteiger partial charge in [-0.25, -0.2) is 0 Å². The highest BCUT2D eigenvalue weighted by Crippen LogP contribution is 2.56. The number of hydrogen-bond donors (Lipinski definition) is 0. The van der Waals surface area contributed by atoms with Crippen LogP contribution < -0.4 is 0 Å². The molecule has 0 aromatic heterocycles. The molecule has 2 aliphatic carbocycles. The molecule has 16 heavy (non-hydrogen) atoms. The van der Waals surface area contributed by atoms with Crippen LogP contribution in [0.1, 0.15) is 38.5 Å². The lowest BCUT2D eigenvalue weighted by molar-refractivity contribution is -0.139. The monoisotopic (exact) mass is 221 g/mol. The first-order valence-corrected chi connectivity index (χ1v) is 6.58. The second kappa shape index (κ2) is 3.86. The van der Waals surface area contributed by atoms with Crippen LogP contribution in [0.2, 0.25) is 0 Å². The summed E-state index contributed by atoms with van der Waals surface area (Å²) in [6.07, 6.45) is 6.60. The van der Waals surface area contributed by atoms with Crippen LogP contribution in [0.5, 0.6) is 0 Å². The molecule has 0 radical (unpaired) electrons. The van der Waals surface area contributed by atoms with Crippen molar-refractivity contribution < 1.29 is 9.59 Å². The average molecular weight is 221 g/mol. The van der Waals surface area contributed by atoms with E-state index in [1.165, 1.54) is 25.7 Å². The van der Waals surface area contributed by atoms with E-state index in [4.69, 9.17) is 0 Å². The van der Waals surface area contributed by atoms with Crippen LogP contribution in [-0.2, 0) is 9.59 Å². The Balaban J connectivity index is 1.63. The van der Waals surface area contributed by atoms with Crippen molar-refractivity contribution in [1.29, 1.82) is 0 Å². The first-order valence-electron chi connectivity index (χ1n) is 6.58. The zero-order chi connectivity index (χ0) is 11.1. The van der Waals surface area contributed by atoms with E-state index in [1.54, 1.807) is 0 Å². The van der Waals surface area contributed by atoms with E-state index in [1.807, 2.05) is 4.90 Å². The molecule has 1 amide bonds. The van der Waals surface area contributed by atoms with Crippen molar-refractivity contribution in [3.63, 3.8) is 0 Å². The number of carbonyl (C=O) groups is 2. The quantitative estimate of drug-likeness (QED) is 0.674. The van der Waals surface area contributed by atoms with E-state index < -0.39 is 0 Å². The number of nitrogens with zero attached hydrogens (tertiary/aromatic N) is 1. The third-order valence-electron chi connectivity index (χ3n) is 4.50. The highest BCUT2D eigenvalue weighted by atomic mass is 16.2. The third kappa shape index (κ3) is 1.66. The number of Topliss-reactive ketones (excluding diaryl/α,β-unsaturated/α-hetero) is 1. The Bertz CT molecular complexity index is 314. The molecule has 1 saturated heterocycles. The van der Waals surface area contributed by atoms with Crippen molar-refractivity contribution in [2.75, 3.05) is 13.1 Å². The Kier molecular flexibility index (Phi) is 2.49. The predicted molar refractivity (Wildman–Crippen MR) is 59.8 cm³/mol. The van der Waals surface area contributed by atoms with E-state index in [0.717, 1.165) is 13.0 Å². The molecule has 0 aromatic rings. The summed E-state index contributed by atoms with van der Waals surface area (Å²) < 4.78 is 0. The highest BCUT2D eigenvalue weighted by molar-refractivity contribution is 5.89. The summed E-state index contributed by atoms with van der Waals surface area (Å²) in [5.41, 5.74) is 0. The lowest BCUT2D eigenvalue weighted by Gasteiger charge is -2.26. The maximum absolute atomic E-state index is 12.2. The van der Waals surface area contributed by atoms with Gasteiger partial charge in [0.2, 0.25) is 5.91 Å². The van der Waals surface area contributed by atoms with Crippen LogP contribution in [0.3, 0.4) is 0 Å². The minimum atomic E-state index is 0.239. The number of carbonyl (C=O) groups excluding carboxylic acids is 2. The lowest BCUT2D eigenvalue weighted by Crippen LogP contribution is -2.41. The predicted octanol–water partition coefficient (Wildman–Crippen LogP) is 1.61. The summed E-state index contributed by atoms with van der Waals surface area (Å²) in [5, 5.41) is 0. The summed E-state index contributed by atoms with van der Waals surface area (Å²) in [4.78, 5) is 25.4. The molecule has 3 rings (SSSR count). The summed E-state index contributed by atoms with van der Waals surface area (Å²) >= 11 is 0. The molecule has 2 unspecified atom stereocenters. The first-order chi connectivity index (χ1) is 7.77. The molecule has 88 valence electrons. The van der Waals surface area contributed by atoms with Crippen molar-refractivity contribution in [2.45, 2.75) is 38.5 Å². The van der Waals surface area contributed by atoms with Crippen LogP contribution >= 0.6 is 0 Å².